The van der Waals surface area contributed by atoms with E-state index in [0.29, 0.717) is 0 Å². The van der Waals surface area contributed by atoms with Crippen LogP contribution in [-0.2, 0) is 4.74 Å². The lowest BCUT2D eigenvalue weighted by molar-refractivity contribution is -0.115. The van der Waals surface area contributed by atoms with Crippen molar-refractivity contribution in [2.24, 2.45) is 5.92 Å². The number of hydrogen-bond donors (Lipinski definition) is 1. The molecule has 2 unspecified atom stereocenters. The van der Waals surface area contributed by atoms with Gasteiger partial charge in [-0.2, -0.15) is 0 Å². The number of ether oxygens (including phenoxy) is 1. The highest BCUT2D eigenvalue weighted by molar-refractivity contribution is 4.94. The Morgan fingerprint density at radius 2 is 2.00 bits per heavy atom. The van der Waals surface area contributed by atoms with E-state index in [1.807, 2.05) is 0 Å². The zero-order chi connectivity index (χ0) is 13.4. The quantitative estimate of drug-likeness (QED) is 0.836. The maximum absolute atomic E-state index is 5.81. The molecule has 3 nitrogen and oxygen atoms in total. The van der Waals surface area contributed by atoms with Crippen molar-refractivity contribution in [3.05, 3.63) is 0 Å². The number of nitrogens with zero attached hydrogens (tertiary/aromatic N) is 1. The van der Waals surface area contributed by atoms with Crippen molar-refractivity contribution in [2.45, 2.75) is 64.6 Å². The largest absolute Gasteiger partial charge is 0.373 e. The lowest BCUT2D eigenvalue weighted by atomic mass is 9.77. The van der Waals surface area contributed by atoms with Gasteiger partial charge in [0.25, 0.3) is 0 Å². The predicted octanol–water partition coefficient (Wildman–Crippen LogP) is 2.26. The van der Waals surface area contributed by atoms with Crippen molar-refractivity contribution in [2.75, 3.05) is 26.2 Å². The van der Waals surface area contributed by atoms with Crippen molar-refractivity contribution < 1.29 is 4.74 Å². The van der Waals surface area contributed by atoms with E-state index in [1.54, 1.807) is 0 Å². The van der Waals surface area contributed by atoms with E-state index in [-0.39, 0.29) is 11.1 Å². The first-order valence-corrected chi connectivity index (χ1v) is 7.40. The summed E-state index contributed by atoms with van der Waals surface area (Å²) in [4.78, 5) is 2.65. The summed E-state index contributed by atoms with van der Waals surface area (Å²) in [5, 5.41) is 3.66. The predicted molar refractivity (Wildman–Crippen MR) is 75.9 cm³/mol. The first-order valence-electron chi connectivity index (χ1n) is 7.40. The van der Waals surface area contributed by atoms with Gasteiger partial charge < -0.3 is 10.1 Å². The summed E-state index contributed by atoms with van der Waals surface area (Å²) in [7, 11) is 0. The molecule has 1 N–H and O–H groups in total. The second-order valence-electron chi connectivity index (χ2n) is 7.61. The summed E-state index contributed by atoms with van der Waals surface area (Å²) in [6.07, 6.45) is 2.75. The molecule has 1 saturated heterocycles. The molecule has 0 spiro atoms. The molecular formula is C15H30N2O. The molecule has 0 radical (unpaired) electrons. The van der Waals surface area contributed by atoms with Crippen molar-refractivity contribution in [1.82, 2.24) is 10.2 Å². The molecule has 1 aliphatic carbocycles. The Bertz CT molecular complexity index is 283. The van der Waals surface area contributed by atoms with E-state index in [4.69, 9.17) is 4.74 Å². The van der Waals surface area contributed by atoms with E-state index in [1.165, 1.54) is 12.8 Å². The zero-order valence-electron chi connectivity index (χ0n) is 12.8. The fourth-order valence-corrected chi connectivity index (χ4v) is 3.04. The molecule has 3 heteroatoms. The van der Waals surface area contributed by atoms with Crippen LogP contribution in [0.15, 0.2) is 0 Å². The van der Waals surface area contributed by atoms with E-state index in [9.17, 15) is 0 Å². The van der Waals surface area contributed by atoms with Crippen LogP contribution in [0.3, 0.4) is 0 Å². The van der Waals surface area contributed by atoms with Crippen LogP contribution in [0.25, 0.3) is 0 Å². The monoisotopic (exact) mass is 254 g/mol. The lowest BCUT2D eigenvalue weighted by Gasteiger charge is -2.50. The Labute approximate surface area is 112 Å². The first-order chi connectivity index (χ1) is 8.27. The van der Waals surface area contributed by atoms with Crippen molar-refractivity contribution >= 4 is 0 Å². The fraction of sp³-hybridized carbons (Fsp3) is 1.00. The molecule has 2 fully saturated rings. The van der Waals surface area contributed by atoms with Crippen molar-refractivity contribution in [3.8, 4) is 0 Å². The second kappa shape index (κ2) is 5.10. The summed E-state index contributed by atoms with van der Waals surface area (Å²) in [6.45, 7) is 15.4. The minimum absolute atomic E-state index is 0.0375. The van der Waals surface area contributed by atoms with E-state index in [2.05, 4.69) is 44.8 Å². The second-order valence-corrected chi connectivity index (χ2v) is 7.61. The Kier molecular flexibility index (Phi) is 4.05. The molecule has 0 aromatic rings. The average Bonchev–Trinajstić information content (AvgIpc) is 2.12. The third-order valence-electron chi connectivity index (χ3n) is 4.20. The standard InChI is InChI=1S/C15H30N2O/c1-14(2,3)16-10-12-6-7-13(12)17-8-9-18-15(4,5)11-17/h12-13,16H,6-11H2,1-5H3. The van der Waals surface area contributed by atoms with Gasteiger partial charge in [0.1, 0.15) is 0 Å². The summed E-state index contributed by atoms with van der Waals surface area (Å²) >= 11 is 0. The van der Waals surface area contributed by atoms with Crippen LogP contribution in [-0.4, -0.2) is 48.3 Å². The molecule has 2 rings (SSSR count). The topological polar surface area (TPSA) is 24.5 Å². The highest BCUT2D eigenvalue weighted by atomic mass is 16.5. The van der Waals surface area contributed by atoms with Crippen molar-refractivity contribution in [1.29, 1.82) is 0 Å². The number of nitrogens with one attached hydrogen (secondary N) is 1. The summed E-state index contributed by atoms with van der Waals surface area (Å²) in [6, 6.07) is 0.781. The van der Waals surface area contributed by atoms with Gasteiger partial charge in [-0.25, -0.2) is 0 Å². The maximum Gasteiger partial charge on any atom is 0.0753 e. The van der Waals surface area contributed by atoms with Gasteiger partial charge in [-0.1, -0.05) is 0 Å². The number of hydrogen-bond acceptors (Lipinski definition) is 3. The SMILES string of the molecule is CC(C)(C)NCC1CCC1N1CCOC(C)(C)C1. The van der Waals surface area contributed by atoms with Crippen LogP contribution in [0.5, 0.6) is 0 Å². The molecule has 2 aliphatic rings. The number of morpholine rings is 1. The Balaban J connectivity index is 1.82. The molecule has 0 bridgehead atoms. The molecule has 2 atom stereocenters. The Hall–Kier alpha value is -0.120. The molecular weight excluding hydrogens is 224 g/mol. The molecule has 0 amide bonds. The van der Waals surface area contributed by atoms with Gasteiger partial charge in [0.05, 0.1) is 12.2 Å². The van der Waals surface area contributed by atoms with Crippen molar-refractivity contribution in [3.63, 3.8) is 0 Å². The zero-order valence-corrected chi connectivity index (χ0v) is 12.8. The van der Waals surface area contributed by atoms with E-state index in [0.717, 1.165) is 38.2 Å². The normalized spacial score (nSPS) is 33.2. The smallest absolute Gasteiger partial charge is 0.0753 e. The van der Waals surface area contributed by atoms with E-state index < -0.39 is 0 Å². The van der Waals surface area contributed by atoms with Gasteiger partial charge in [0, 0.05) is 24.7 Å². The molecule has 1 heterocycles. The molecule has 1 saturated carbocycles. The highest BCUT2D eigenvalue weighted by Crippen LogP contribution is 2.34. The van der Waals surface area contributed by atoms with Gasteiger partial charge in [-0.15, -0.1) is 0 Å². The van der Waals surface area contributed by atoms with Gasteiger partial charge >= 0.3 is 0 Å². The molecule has 106 valence electrons. The average molecular weight is 254 g/mol. The van der Waals surface area contributed by atoms with Gasteiger partial charge in [-0.05, 0) is 59.9 Å². The van der Waals surface area contributed by atoms with Crippen LogP contribution < -0.4 is 5.32 Å². The Morgan fingerprint density at radius 1 is 1.28 bits per heavy atom. The first kappa shape index (κ1) is 14.3. The van der Waals surface area contributed by atoms with Crippen LogP contribution >= 0.6 is 0 Å². The summed E-state index contributed by atoms with van der Waals surface area (Å²) in [5.41, 5.74) is 0.278. The fourth-order valence-electron chi connectivity index (χ4n) is 3.04. The minimum atomic E-state index is 0.0375. The van der Waals surface area contributed by atoms with Gasteiger partial charge in [0.2, 0.25) is 0 Å². The molecule has 18 heavy (non-hydrogen) atoms. The molecule has 0 aromatic heterocycles. The third-order valence-corrected chi connectivity index (χ3v) is 4.20. The van der Waals surface area contributed by atoms with Crippen LogP contribution in [0.1, 0.15) is 47.5 Å². The van der Waals surface area contributed by atoms with Crippen LogP contribution in [0.4, 0.5) is 0 Å². The van der Waals surface area contributed by atoms with Crippen LogP contribution in [0.2, 0.25) is 0 Å². The Morgan fingerprint density at radius 3 is 2.50 bits per heavy atom. The van der Waals surface area contributed by atoms with Gasteiger partial charge in [-0.3, -0.25) is 4.90 Å². The highest BCUT2D eigenvalue weighted by Gasteiger charge is 2.39. The molecule has 0 aromatic carbocycles. The third kappa shape index (κ3) is 3.69. The summed E-state index contributed by atoms with van der Waals surface area (Å²) < 4.78 is 5.81. The lowest BCUT2D eigenvalue weighted by Crippen LogP contribution is -2.59. The summed E-state index contributed by atoms with van der Waals surface area (Å²) in [5.74, 6) is 0.832. The molecule has 1 aliphatic heterocycles. The van der Waals surface area contributed by atoms with Crippen LogP contribution in [0, 0.1) is 5.92 Å². The minimum Gasteiger partial charge on any atom is -0.373 e. The van der Waals surface area contributed by atoms with Gasteiger partial charge in [0.15, 0.2) is 0 Å². The number of rotatable bonds is 3. The maximum atomic E-state index is 5.81. The van der Waals surface area contributed by atoms with E-state index >= 15 is 0 Å².